The number of carbonyl (C=O) groups is 1. The van der Waals surface area contributed by atoms with Crippen molar-refractivity contribution in [3.05, 3.63) is 53.5 Å². The molecule has 0 aliphatic rings. The Morgan fingerprint density at radius 1 is 1.15 bits per heavy atom. The number of hydrogen-bond donors (Lipinski definition) is 1. The van der Waals surface area contributed by atoms with Crippen LogP contribution in [0, 0.1) is 0 Å². The summed E-state index contributed by atoms with van der Waals surface area (Å²) in [5.41, 5.74) is 0.967. The lowest BCUT2D eigenvalue weighted by Crippen LogP contribution is -2.38. The Kier molecular flexibility index (Phi) is 5.91. The summed E-state index contributed by atoms with van der Waals surface area (Å²) in [5.74, 6) is 1.52. The second-order valence-corrected chi connectivity index (χ2v) is 6.80. The number of nitrogens with one attached hydrogen (secondary N) is 1. The number of amides is 2. The van der Waals surface area contributed by atoms with Gasteiger partial charge in [-0.2, -0.15) is 0 Å². The number of para-hydroxylation sites is 1. The van der Waals surface area contributed by atoms with Gasteiger partial charge in [0.2, 0.25) is 0 Å². The molecule has 136 valence electrons. The zero-order valence-electron chi connectivity index (χ0n) is 14.8. The lowest BCUT2D eigenvalue weighted by molar-refractivity contribution is 0.203. The van der Waals surface area contributed by atoms with Crippen LogP contribution in [-0.2, 0) is 6.54 Å². The Balaban J connectivity index is 1.42. The molecule has 3 aromatic rings. The van der Waals surface area contributed by atoms with Crippen LogP contribution in [-0.4, -0.2) is 43.2 Å². The summed E-state index contributed by atoms with van der Waals surface area (Å²) in [6.45, 7) is 1.30. The zero-order chi connectivity index (χ0) is 18.4. The fourth-order valence-corrected chi connectivity index (χ4v) is 3.42. The Bertz CT molecular complexity index is 831. The van der Waals surface area contributed by atoms with E-state index in [1.165, 1.54) is 0 Å². The molecule has 0 unspecified atom stereocenters. The molecular formula is C19H21N3O3S. The number of carbonyl (C=O) groups excluding carboxylic acids is 1. The van der Waals surface area contributed by atoms with Gasteiger partial charge >= 0.3 is 6.03 Å². The standard InChI is InChI=1S/C19H21N3O3S/c1-22(13-18-21-16-5-3-4-6-17(16)26-18)19(23)20-11-12-25-15-9-7-14(24-2)8-10-15/h3-10H,11-13H2,1-2H3,(H,20,23). The van der Waals surface area contributed by atoms with Gasteiger partial charge < -0.3 is 19.7 Å². The highest BCUT2D eigenvalue weighted by molar-refractivity contribution is 7.18. The van der Waals surface area contributed by atoms with Gasteiger partial charge in [-0.3, -0.25) is 0 Å². The summed E-state index contributed by atoms with van der Waals surface area (Å²) in [7, 11) is 3.38. The Morgan fingerprint density at radius 3 is 2.62 bits per heavy atom. The van der Waals surface area contributed by atoms with Crippen molar-refractivity contribution in [1.82, 2.24) is 15.2 Å². The maximum absolute atomic E-state index is 12.2. The molecule has 0 atom stereocenters. The number of fused-ring (bicyclic) bond motifs is 1. The molecule has 2 amide bonds. The second-order valence-electron chi connectivity index (χ2n) is 5.69. The van der Waals surface area contributed by atoms with Crippen LogP contribution in [0.2, 0.25) is 0 Å². The Labute approximate surface area is 156 Å². The van der Waals surface area contributed by atoms with Crippen molar-refractivity contribution in [3.63, 3.8) is 0 Å². The summed E-state index contributed by atoms with van der Waals surface area (Å²) in [6, 6.07) is 15.1. The second kappa shape index (κ2) is 8.53. The highest BCUT2D eigenvalue weighted by atomic mass is 32.1. The number of thiazole rings is 1. The summed E-state index contributed by atoms with van der Waals surface area (Å²) in [4.78, 5) is 18.3. The van der Waals surface area contributed by atoms with Gasteiger partial charge in [0.05, 0.1) is 30.4 Å². The molecule has 0 saturated heterocycles. The van der Waals surface area contributed by atoms with Gasteiger partial charge in [0.15, 0.2) is 0 Å². The molecule has 26 heavy (non-hydrogen) atoms. The van der Waals surface area contributed by atoms with Crippen LogP contribution in [0.4, 0.5) is 4.79 Å². The fourth-order valence-electron chi connectivity index (χ4n) is 2.40. The molecule has 0 aliphatic carbocycles. The molecule has 1 aromatic heterocycles. The van der Waals surface area contributed by atoms with Crippen LogP contribution in [0.15, 0.2) is 48.5 Å². The minimum absolute atomic E-state index is 0.150. The first-order valence-corrected chi connectivity index (χ1v) is 9.07. The Hall–Kier alpha value is -2.80. The quantitative estimate of drug-likeness (QED) is 0.646. The van der Waals surface area contributed by atoms with E-state index in [0.717, 1.165) is 26.7 Å². The molecule has 7 heteroatoms. The summed E-state index contributed by atoms with van der Waals surface area (Å²) in [5, 5.41) is 3.76. The van der Waals surface area contributed by atoms with Crippen LogP contribution < -0.4 is 14.8 Å². The minimum Gasteiger partial charge on any atom is -0.497 e. The van der Waals surface area contributed by atoms with Gasteiger partial charge in [-0.25, -0.2) is 9.78 Å². The van der Waals surface area contributed by atoms with Gasteiger partial charge in [0, 0.05) is 7.05 Å². The first-order chi connectivity index (χ1) is 12.7. The number of nitrogens with zero attached hydrogens (tertiary/aromatic N) is 2. The van der Waals surface area contributed by atoms with Crippen molar-refractivity contribution in [1.29, 1.82) is 0 Å². The lowest BCUT2D eigenvalue weighted by atomic mass is 10.3. The monoisotopic (exact) mass is 371 g/mol. The van der Waals surface area contributed by atoms with Crippen molar-refractivity contribution < 1.29 is 14.3 Å². The van der Waals surface area contributed by atoms with E-state index in [-0.39, 0.29) is 6.03 Å². The van der Waals surface area contributed by atoms with Gasteiger partial charge in [-0.05, 0) is 36.4 Å². The predicted molar refractivity (Wildman–Crippen MR) is 103 cm³/mol. The number of ether oxygens (including phenoxy) is 2. The minimum atomic E-state index is -0.150. The largest absolute Gasteiger partial charge is 0.497 e. The van der Waals surface area contributed by atoms with Crippen molar-refractivity contribution in [2.24, 2.45) is 0 Å². The van der Waals surface area contributed by atoms with E-state index in [4.69, 9.17) is 9.47 Å². The van der Waals surface area contributed by atoms with Gasteiger partial charge in [-0.1, -0.05) is 12.1 Å². The van der Waals surface area contributed by atoms with E-state index in [0.29, 0.717) is 19.7 Å². The maximum atomic E-state index is 12.2. The lowest BCUT2D eigenvalue weighted by Gasteiger charge is -2.16. The molecule has 1 heterocycles. The smallest absolute Gasteiger partial charge is 0.317 e. The topological polar surface area (TPSA) is 63.7 Å². The van der Waals surface area contributed by atoms with E-state index in [1.807, 2.05) is 48.5 Å². The SMILES string of the molecule is COc1ccc(OCCNC(=O)N(C)Cc2nc3ccccc3s2)cc1. The number of aromatic nitrogens is 1. The Morgan fingerprint density at radius 2 is 1.88 bits per heavy atom. The molecule has 0 fully saturated rings. The molecule has 0 spiro atoms. The average molecular weight is 371 g/mol. The molecule has 6 nitrogen and oxygen atoms in total. The third-order valence-corrected chi connectivity index (χ3v) is 4.78. The van der Waals surface area contributed by atoms with Crippen LogP contribution in [0.3, 0.4) is 0 Å². The molecule has 2 aromatic carbocycles. The molecule has 0 bridgehead atoms. The number of rotatable bonds is 7. The van der Waals surface area contributed by atoms with Crippen molar-refractivity contribution in [3.8, 4) is 11.5 Å². The van der Waals surface area contributed by atoms with E-state index in [1.54, 1.807) is 30.4 Å². The van der Waals surface area contributed by atoms with Gasteiger partial charge in [-0.15, -0.1) is 11.3 Å². The van der Waals surface area contributed by atoms with E-state index >= 15 is 0 Å². The van der Waals surface area contributed by atoms with E-state index in [2.05, 4.69) is 10.3 Å². The van der Waals surface area contributed by atoms with Gasteiger partial charge in [0.25, 0.3) is 0 Å². The first kappa shape index (κ1) is 18.0. The van der Waals surface area contributed by atoms with Crippen LogP contribution in [0.25, 0.3) is 10.2 Å². The number of urea groups is 1. The molecule has 1 N–H and O–H groups in total. The number of hydrogen-bond acceptors (Lipinski definition) is 5. The average Bonchev–Trinajstić information content (AvgIpc) is 3.07. The van der Waals surface area contributed by atoms with E-state index < -0.39 is 0 Å². The van der Waals surface area contributed by atoms with Crippen molar-refractivity contribution in [2.75, 3.05) is 27.3 Å². The summed E-state index contributed by atoms with van der Waals surface area (Å²) >= 11 is 1.60. The van der Waals surface area contributed by atoms with Crippen LogP contribution in [0.5, 0.6) is 11.5 Å². The summed E-state index contributed by atoms with van der Waals surface area (Å²) in [6.07, 6.45) is 0. The number of methoxy groups -OCH3 is 1. The highest BCUT2D eigenvalue weighted by Gasteiger charge is 2.11. The fraction of sp³-hybridized carbons (Fsp3) is 0.263. The van der Waals surface area contributed by atoms with E-state index in [9.17, 15) is 4.79 Å². The third kappa shape index (κ3) is 4.64. The predicted octanol–water partition coefficient (Wildman–Crippen LogP) is 3.53. The first-order valence-electron chi connectivity index (χ1n) is 8.26. The summed E-state index contributed by atoms with van der Waals surface area (Å²) < 4.78 is 11.8. The molecular weight excluding hydrogens is 350 g/mol. The highest BCUT2D eigenvalue weighted by Crippen LogP contribution is 2.22. The molecule has 3 rings (SSSR count). The van der Waals surface area contributed by atoms with Crippen molar-refractivity contribution >= 4 is 27.6 Å². The van der Waals surface area contributed by atoms with Crippen LogP contribution >= 0.6 is 11.3 Å². The molecule has 0 radical (unpaired) electrons. The normalized spacial score (nSPS) is 10.5. The zero-order valence-corrected chi connectivity index (χ0v) is 15.6. The van der Waals surface area contributed by atoms with Crippen LogP contribution in [0.1, 0.15) is 5.01 Å². The van der Waals surface area contributed by atoms with Crippen molar-refractivity contribution in [2.45, 2.75) is 6.54 Å². The van der Waals surface area contributed by atoms with Gasteiger partial charge in [0.1, 0.15) is 23.1 Å². The molecule has 0 aliphatic heterocycles. The number of benzene rings is 2. The maximum Gasteiger partial charge on any atom is 0.317 e. The molecule has 0 saturated carbocycles. The third-order valence-electron chi connectivity index (χ3n) is 3.76.